The number of nitrogens with two attached hydrogens (primary N) is 1. The van der Waals surface area contributed by atoms with Crippen molar-refractivity contribution in [2.75, 3.05) is 26.2 Å². The fourth-order valence-electron chi connectivity index (χ4n) is 6.06. The molecule has 6 nitrogen and oxygen atoms in total. The molecule has 0 saturated carbocycles. The van der Waals surface area contributed by atoms with E-state index in [1.807, 2.05) is 11.1 Å². The van der Waals surface area contributed by atoms with Crippen molar-refractivity contribution in [2.24, 2.45) is 11.7 Å². The summed E-state index contributed by atoms with van der Waals surface area (Å²) in [6.07, 6.45) is 9.01. The molecule has 2 fully saturated rings. The Bertz CT molecular complexity index is 1240. The summed E-state index contributed by atoms with van der Waals surface area (Å²) < 4.78 is 2.22. The fourth-order valence-corrected chi connectivity index (χ4v) is 6.99. The Labute approximate surface area is 235 Å². The maximum atomic E-state index is 13.2. The third-order valence-corrected chi connectivity index (χ3v) is 9.75. The van der Waals surface area contributed by atoms with Crippen molar-refractivity contribution < 1.29 is 9.59 Å². The second-order valence-electron chi connectivity index (χ2n) is 10.6. The molecule has 0 radical (unpaired) electrons. The van der Waals surface area contributed by atoms with Crippen LogP contribution in [0.2, 0.25) is 0 Å². The van der Waals surface area contributed by atoms with E-state index in [0.29, 0.717) is 25.4 Å². The van der Waals surface area contributed by atoms with E-state index >= 15 is 0 Å². The maximum absolute atomic E-state index is 13.2. The lowest BCUT2D eigenvalue weighted by Gasteiger charge is -2.34. The number of pyridine rings is 1. The first kappa shape index (κ1) is 26.4. The van der Waals surface area contributed by atoms with Gasteiger partial charge in [-0.05, 0) is 102 Å². The number of aromatic nitrogens is 1. The molecule has 196 valence electrons. The Morgan fingerprint density at radius 3 is 2.46 bits per heavy atom. The minimum atomic E-state index is -0.359. The first-order chi connectivity index (χ1) is 17.8. The Morgan fingerprint density at radius 2 is 1.76 bits per heavy atom. The number of nitrogens with zero attached hydrogens (tertiary/aromatic N) is 3. The monoisotopic (exact) mass is 628 g/mol. The third kappa shape index (κ3) is 5.65. The SMILES string of the molecule is Cc1ccc2c(c1Br)CCCc1cc(Br)cnc1C2=C1CCN(C(=O)CC2CCN(C(N)=O)CC2)CC1. The second kappa shape index (κ2) is 11.3. The van der Waals surface area contributed by atoms with Crippen LogP contribution in [0, 0.1) is 12.8 Å². The van der Waals surface area contributed by atoms with Crippen LogP contribution in [0.1, 0.15) is 66.5 Å². The maximum Gasteiger partial charge on any atom is 0.314 e. The number of carbonyl (C=O) groups is 2. The number of likely N-dealkylation sites (tertiary alicyclic amines) is 2. The summed E-state index contributed by atoms with van der Waals surface area (Å²) in [5.41, 5.74) is 14.4. The number of rotatable bonds is 2. The van der Waals surface area contributed by atoms with E-state index in [2.05, 4.69) is 57.0 Å². The molecule has 0 atom stereocenters. The molecule has 8 heteroatoms. The van der Waals surface area contributed by atoms with Crippen molar-refractivity contribution in [1.82, 2.24) is 14.8 Å². The Hall–Kier alpha value is -2.19. The Kier molecular flexibility index (Phi) is 8.05. The number of piperidine rings is 2. The average Bonchev–Trinajstić information content (AvgIpc) is 2.88. The van der Waals surface area contributed by atoms with Gasteiger partial charge in [0, 0.05) is 53.3 Å². The summed E-state index contributed by atoms with van der Waals surface area (Å²) in [5, 5.41) is 0. The van der Waals surface area contributed by atoms with Crippen molar-refractivity contribution in [3.63, 3.8) is 0 Å². The van der Waals surface area contributed by atoms with Crippen molar-refractivity contribution in [3.8, 4) is 0 Å². The van der Waals surface area contributed by atoms with Gasteiger partial charge in [0.15, 0.2) is 0 Å². The number of hydrogen-bond donors (Lipinski definition) is 1. The summed E-state index contributed by atoms with van der Waals surface area (Å²) in [4.78, 5) is 33.2. The van der Waals surface area contributed by atoms with Crippen LogP contribution in [-0.4, -0.2) is 52.9 Å². The van der Waals surface area contributed by atoms with Gasteiger partial charge in [-0.25, -0.2) is 4.79 Å². The van der Waals surface area contributed by atoms with Crippen LogP contribution in [0.3, 0.4) is 0 Å². The van der Waals surface area contributed by atoms with Gasteiger partial charge in [-0.3, -0.25) is 9.78 Å². The number of aryl methyl sites for hydroxylation is 2. The van der Waals surface area contributed by atoms with Crippen molar-refractivity contribution >= 4 is 49.4 Å². The molecule has 2 N–H and O–H groups in total. The van der Waals surface area contributed by atoms with Crippen LogP contribution >= 0.6 is 31.9 Å². The molecule has 3 amide bonds. The Balaban J connectivity index is 1.38. The number of halogens is 2. The van der Waals surface area contributed by atoms with E-state index in [9.17, 15) is 9.59 Å². The molecule has 3 aliphatic rings. The zero-order chi connectivity index (χ0) is 26.1. The van der Waals surface area contributed by atoms with Gasteiger partial charge < -0.3 is 15.5 Å². The molecule has 5 rings (SSSR count). The van der Waals surface area contributed by atoms with Gasteiger partial charge in [-0.15, -0.1) is 0 Å². The molecular weight excluding hydrogens is 596 g/mol. The van der Waals surface area contributed by atoms with Crippen LogP contribution in [-0.2, 0) is 17.6 Å². The van der Waals surface area contributed by atoms with Gasteiger partial charge >= 0.3 is 6.03 Å². The molecule has 3 heterocycles. The van der Waals surface area contributed by atoms with E-state index in [4.69, 9.17) is 10.7 Å². The summed E-state index contributed by atoms with van der Waals surface area (Å²) >= 11 is 7.51. The largest absolute Gasteiger partial charge is 0.351 e. The minimum absolute atomic E-state index is 0.237. The quantitative estimate of drug-likeness (QED) is 0.442. The number of primary amides is 1. The molecule has 0 unspecified atom stereocenters. The molecule has 1 aliphatic carbocycles. The second-order valence-corrected chi connectivity index (χ2v) is 12.3. The number of hydrogen-bond acceptors (Lipinski definition) is 3. The van der Waals surface area contributed by atoms with E-state index < -0.39 is 0 Å². The zero-order valence-electron chi connectivity index (χ0n) is 21.4. The molecule has 37 heavy (non-hydrogen) atoms. The van der Waals surface area contributed by atoms with Gasteiger partial charge in [-0.1, -0.05) is 33.6 Å². The van der Waals surface area contributed by atoms with E-state index in [-0.39, 0.29) is 11.9 Å². The highest BCUT2D eigenvalue weighted by atomic mass is 79.9. The highest BCUT2D eigenvalue weighted by Crippen LogP contribution is 2.40. The standard InChI is InChI=1S/C29H34Br2N4O2/c1-18-5-6-23-24(27(18)31)4-2-3-21-16-22(30)17-33-28(21)26(23)20-9-13-34(14-10-20)25(36)15-19-7-11-35(12-8-19)29(32)37/h5-6,16-17,19H,2-4,7-15H2,1H3,(H2,32,37). The van der Waals surface area contributed by atoms with E-state index in [0.717, 1.165) is 68.2 Å². The molecule has 2 aromatic rings. The molecule has 1 aromatic heterocycles. The minimum Gasteiger partial charge on any atom is -0.351 e. The van der Waals surface area contributed by atoms with Gasteiger partial charge in [0.05, 0.1) is 5.69 Å². The molecule has 2 aliphatic heterocycles. The van der Waals surface area contributed by atoms with Crippen molar-refractivity contribution in [1.29, 1.82) is 0 Å². The summed E-state index contributed by atoms with van der Waals surface area (Å²) in [6, 6.07) is 6.33. The average molecular weight is 630 g/mol. The number of carbonyl (C=O) groups excluding carboxylic acids is 2. The number of benzene rings is 1. The van der Waals surface area contributed by atoms with Crippen LogP contribution in [0.25, 0.3) is 5.57 Å². The van der Waals surface area contributed by atoms with Gasteiger partial charge in [0.1, 0.15) is 0 Å². The molecule has 2 saturated heterocycles. The van der Waals surface area contributed by atoms with Crippen LogP contribution in [0.5, 0.6) is 0 Å². The van der Waals surface area contributed by atoms with E-state index in [1.54, 1.807) is 4.90 Å². The predicted molar refractivity (Wildman–Crippen MR) is 153 cm³/mol. The van der Waals surface area contributed by atoms with Crippen LogP contribution in [0.15, 0.2) is 38.9 Å². The van der Waals surface area contributed by atoms with Crippen molar-refractivity contribution in [2.45, 2.75) is 58.3 Å². The van der Waals surface area contributed by atoms with Crippen molar-refractivity contribution in [3.05, 3.63) is 66.9 Å². The van der Waals surface area contributed by atoms with Gasteiger partial charge in [0.2, 0.25) is 5.91 Å². The topological polar surface area (TPSA) is 79.5 Å². The summed E-state index contributed by atoms with van der Waals surface area (Å²) in [5.74, 6) is 0.566. The fraction of sp³-hybridized carbons (Fsp3) is 0.483. The normalized spacial score (nSPS) is 18.7. The predicted octanol–water partition coefficient (Wildman–Crippen LogP) is 6.01. The number of fused-ring (bicyclic) bond motifs is 2. The lowest BCUT2D eigenvalue weighted by atomic mass is 9.82. The molecule has 0 bridgehead atoms. The highest BCUT2D eigenvalue weighted by molar-refractivity contribution is 9.10. The van der Waals surface area contributed by atoms with Crippen LogP contribution < -0.4 is 5.73 Å². The lowest BCUT2D eigenvalue weighted by molar-refractivity contribution is -0.132. The summed E-state index contributed by atoms with van der Waals surface area (Å²) in [6.45, 7) is 4.94. The molecule has 1 aromatic carbocycles. The van der Waals surface area contributed by atoms with Crippen LogP contribution in [0.4, 0.5) is 4.79 Å². The third-order valence-electron chi connectivity index (χ3n) is 8.21. The van der Waals surface area contributed by atoms with Gasteiger partial charge in [-0.2, -0.15) is 0 Å². The Morgan fingerprint density at radius 1 is 1.03 bits per heavy atom. The number of urea groups is 1. The number of amides is 3. The van der Waals surface area contributed by atoms with E-state index in [1.165, 1.54) is 37.9 Å². The zero-order valence-corrected chi connectivity index (χ0v) is 24.5. The first-order valence-electron chi connectivity index (χ1n) is 13.3. The molecule has 0 spiro atoms. The smallest absolute Gasteiger partial charge is 0.314 e. The van der Waals surface area contributed by atoms with Gasteiger partial charge in [0.25, 0.3) is 0 Å². The molecular formula is C29H34Br2N4O2. The first-order valence-corrected chi connectivity index (χ1v) is 14.9. The summed E-state index contributed by atoms with van der Waals surface area (Å²) in [7, 11) is 0. The lowest BCUT2D eigenvalue weighted by Crippen LogP contribution is -2.43. The highest BCUT2D eigenvalue weighted by Gasteiger charge is 2.29.